The summed E-state index contributed by atoms with van der Waals surface area (Å²) >= 11 is 0. The van der Waals surface area contributed by atoms with Crippen LogP contribution in [0.1, 0.15) is 5.82 Å². The van der Waals surface area contributed by atoms with Gasteiger partial charge in [-0.2, -0.15) is 5.10 Å². The van der Waals surface area contributed by atoms with E-state index in [1.165, 1.54) is 5.69 Å². The number of para-hydroxylation sites is 1. The molecule has 0 aliphatic carbocycles. The van der Waals surface area contributed by atoms with Crippen molar-refractivity contribution in [1.29, 1.82) is 0 Å². The Bertz CT molecular complexity index is 449. The van der Waals surface area contributed by atoms with E-state index in [-0.39, 0.29) is 0 Å². The van der Waals surface area contributed by atoms with Crippen LogP contribution in [0.5, 0.6) is 0 Å². The van der Waals surface area contributed by atoms with Crippen LogP contribution in [0.25, 0.3) is 0 Å². The van der Waals surface area contributed by atoms with Crippen molar-refractivity contribution in [2.75, 3.05) is 11.4 Å². The molecule has 1 aromatic carbocycles. The second kappa shape index (κ2) is 3.38. The number of aromatic nitrogens is 3. The molecule has 2 heterocycles. The Morgan fingerprint density at radius 3 is 2.80 bits per heavy atom. The highest BCUT2D eigenvalue weighted by molar-refractivity contribution is 5.46. The SMILES string of the molecule is c1ccc(N2CCn3ncnc3C2)cc1. The Hall–Kier alpha value is -1.84. The van der Waals surface area contributed by atoms with Gasteiger partial charge < -0.3 is 4.90 Å². The van der Waals surface area contributed by atoms with E-state index in [1.54, 1.807) is 6.33 Å². The van der Waals surface area contributed by atoms with Crippen LogP contribution in [0.15, 0.2) is 36.7 Å². The Morgan fingerprint density at radius 2 is 1.93 bits per heavy atom. The molecule has 2 aromatic rings. The van der Waals surface area contributed by atoms with E-state index in [0.29, 0.717) is 0 Å². The Labute approximate surface area is 88.2 Å². The van der Waals surface area contributed by atoms with Crippen molar-refractivity contribution in [2.24, 2.45) is 0 Å². The first-order chi connectivity index (χ1) is 7.43. The maximum Gasteiger partial charge on any atom is 0.146 e. The topological polar surface area (TPSA) is 34.0 Å². The second-order valence-electron chi connectivity index (χ2n) is 3.66. The molecule has 0 unspecified atom stereocenters. The summed E-state index contributed by atoms with van der Waals surface area (Å²) in [5.41, 5.74) is 1.26. The smallest absolute Gasteiger partial charge is 0.146 e. The van der Waals surface area contributed by atoms with Gasteiger partial charge in [0.05, 0.1) is 13.1 Å². The molecule has 1 aliphatic rings. The molecule has 1 aliphatic heterocycles. The van der Waals surface area contributed by atoms with Crippen LogP contribution < -0.4 is 4.90 Å². The molecule has 1 aromatic heterocycles. The number of anilines is 1. The lowest BCUT2D eigenvalue weighted by atomic mass is 10.2. The predicted molar refractivity (Wildman–Crippen MR) is 57.5 cm³/mol. The lowest BCUT2D eigenvalue weighted by Gasteiger charge is -2.28. The Balaban J connectivity index is 1.88. The van der Waals surface area contributed by atoms with E-state index < -0.39 is 0 Å². The van der Waals surface area contributed by atoms with Crippen molar-refractivity contribution < 1.29 is 0 Å². The molecule has 0 spiro atoms. The first-order valence-electron chi connectivity index (χ1n) is 5.10. The first-order valence-corrected chi connectivity index (χ1v) is 5.10. The normalized spacial score (nSPS) is 15.1. The monoisotopic (exact) mass is 200 g/mol. The molecule has 0 saturated carbocycles. The van der Waals surface area contributed by atoms with Crippen molar-refractivity contribution >= 4 is 5.69 Å². The van der Waals surface area contributed by atoms with E-state index in [0.717, 1.165) is 25.5 Å². The minimum absolute atomic E-state index is 0.851. The molecule has 0 fully saturated rings. The van der Waals surface area contributed by atoms with Gasteiger partial charge in [-0.15, -0.1) is 0 Å². The van der Waals surface area contributed by atoms with Gasteiger partial charge in [-0.05, 0) is 12.1 Å². The van der Waals surface area contributed by atoms with Gasteiger partial charge in [0.25, 0.3) is 0 Å². The largest absolute Gasteiger partial charge is 0.362 e. The molecular formula is C11H12N4. The third kappa shape index (κ3) is 1.48. The van der Waals surface area contributed by atoms with Gasteiger partial charge in [0.2, 0.25) is 0 Å². The standard InChI is InChI=1S/C11H12N4/c1-2-4-10(5-3-1)14-6-7-15-11(8-14)12-9-13-15/h1-5,9H,6-8H2. The lowest BCUT2D eigenvalue weighted by molar-refractivity contribution is 0.513. The number of hydrogen-bond donors (Lipinski definition) is 0. The average molecular weight is 200 g/mol. The van der Waals surface area contributed by atoms with Gasteiger partial charge in [-0.1, -0.05) is 18.2 Å². The van der Waals surface area contributed by atoms with Crippen LogP contribution >= 0.6 is 0 Å². The number of rotatable bonds is 1. The number of nitrogens with zero attached hydrogens (tertiary/aromatic N) is 4. The predicted octanol–water partition coefficient (Wildman–Crippen LogP) is 1.30. The summed E-state index contributed by atoms with van der Waals surface area (Å²) in [7, 11) is 0. The average Bonchev–Trinajstić information content (AvgIpc) is 2.77. The maximum atomic E-state index is 4.24. The van der Waals surface area contributed by atoms with Crippen LogP contribution in [0, 0.1) is 0 Å². The summed E-state index contributed by atoms with van der Waals surface area (Å²) in [5, 5.41) is 4.16. The van der Waals surface area contributed by atoms with Crippen LogP contribution in [0.2, 0.25) is 0 Å². The first kappa shape index (κ1) is 8.47. The molecule has 4 nitrogen and oxygen atoms in total. The molecule has 0 bridgehead atoms. The fourth-order valence-electron chi connectivity index (χ4n) is 1.92. The van der Waals surface area contributed by atoms with Gasteiger partial charge >= 0.3 is 0 Å². The molecule has 76 valence electrons. The van der Waals surface area contributed by atoms with Crippen LogP contribution in [0.3, 0.4) is 0 Å². The van der Waals surface area contributed by atoms with Crippen molar-refractivity contribution in [1.82, 2.24) is 14.8 Å². The molecule has 3 rings (SSSR count). The molecule has 4 heteroatoms. The van der Waals surface area contributed by atoms with Crippen LogP contribution in [-0.2, 0) is 13.1 Å². The van der Waals surface area contributed by atoms with E-state index in [4.69, 9.17) is 0 Å². The molecule has 15 heavy (non-hydrogen) atoms. The zero-order valence-corrected chi connectivity index (χ0v) is 8.37. The zero-order valence-electron chi connectivity index (χ0n) is 8.37. The molecule has 0 N–H and O–H groups in total. The van der Waals surface area contributed by atoms with Gasteiger partial charge in [-0.3, -0.25) is 0 Å². The third-order valence-corrected chi connectivity index (χ3v) is 2.73. The van der Waals surface area contributed by atoms with Crippen molar-refractivity contribution in [2.45, 2.75) is 13.1 Å². The van der Waals surface area contributed by atoms with Gasteiger partial charge in [0, 0.05) is 12.2 Å². The summed E-state index contributed by atoms with van der Waals surface area (Å²) in [6, 6.07) is 10.4. The second-order valence-corrected chi connectivity index (χ2v) is 3.66. The molecular weight excluding hydrogens is 188 g/mol. The Morgan fingerprint density at radius 1 is 1.07 bits per heavy atom. The fraction of sp³-hybridized carbons (Fsp3) is 0.273. The third-order valence-electron chi connectivity index (χ3n) is 2.73. The van der Waals surface area contributed by atoms with Gasteiger partial charge in [-0.25, -0.2) is 9.67 Å². The molecule has 0 amide bonds. The summed E-state index contributed by atoms with van der Waals surface area (Å²) in [5.74, 6) is 1.05. The van der Waals surface area contributed by atoms with Gasteiger partial charge in [0.1, 0.15) is 12.2 Å². The minimum atomic E-state index is 0.851. The van der Waals surface area contributed by atoms with E-state index >= 15 is 0 Å². The summed E-state index contributed by atoms with van der Waals surface area (Å²) in [6.45, 7) is 2.77. The van der Waals surface area contributed by atoms with Crippen LogP contribution in [-0.4, -0.2) is 21.3 Å². The fourth-order valence-corrected chi connectivity index (χ4v) is 1.92. The van der Waals surface area contributed by atoms with Crippen LogP contribution in [0.4, 0.5) is 5.69 Å². The summed E-state index contributed by atoms with van der Waals surface area (Å²) in [6.07, 6.45) is 1.63. The number of benzene rings is 1. The summed E-state index contributed by atoms with van der Waals surface area (Å²) < 4.78 is 1.97. The van der Waals surface area contributed by atoms with Crippen molar-refractivity contribution in [3.05, 3.63) is 42.5 Å². The minimum Gasteiger partial charge on any atom is -0.362 e. The van der Waals surface area contributed by atoms with E-state index in [9.17, 15) is 0 Å². The molecule has 0 atom stereocenters. The van der Waals surface area contributed by atoms with E-state index in [2.05, 4.69) is 39.2 Å². The lowest BCUT2D eigenvalue weighted by Crippen LogP contribution is -2.34. The quantitative estimate of drug-likeness (QED) is 0.695. The molecule has 0 radical (unpaired) electrons. The zero-order chi connectivity index (χ0) is 10.1. The Kier molecular flexibility index (Phi) is 1.91. The van der Waals surface area contributed by atoms with Crippen molar-refractivity contribution in [3.8, 4) is 0 Å². The summed E-state index contributed by atoms with van der Waals surface area (Å²) in [4.78, 5) is 6.57. The maximum absolute atomic E-state index is 4.24. The highest BCUT2D eigenvalue weighted by atomic mass is 15.4. The van der Waals surface area contributed by atoms with Crippen molar-refractivity contribution in [3.63, 3.8) is 0 Å². The highest BCUT2D eigenvalue weighted by Gasteiger charge is 2.17. The highest BCUT2D eigenvalue weighted by Crippen LogP contribution is 2.18. The number of hydrogen-bond acceptors (Lipinski definition) is 3. The van der Waals surface area contributed by atoms with E-state index in [1.807, 2.05) is 10.7 Å². The molecule has 0 saturated heterocycles. The van der Waals surface area contributed by atoms with Gasteiger partial charge in [0.15, 0.2) is 0 Å². The number of fused-ring (bicyclic) bond motifs is 1.